The van der Waals surface area contributed by atoms with Gasteiger partial charge in [-0.05, 0) is 30.3 Å². The van der Waals surface area contributed by atoms with Crippen LogP contribution < -0.4 is 10.6 Å². The van der Waals surface area contributed by atoms with E-state index >= 15 is 0 Å². The normalized spacial score (nSPS) is 15.5. The minimum atomic E-state index is 0.00600. The molecule has 1 aliphatic rings. The first-order valence-electron chi connectivity index (χ1n) is 7.19. The van der Waals surface area contributed by atoms with Gasteiger partial charge in [0.1, 0.15) is 11.6 Å². The molecule has 3 rings (SSSR count). The average molecular weight is 298 g/mol. The maximum Gasteiger partial charge on any atom is 0.246 e. The van der Waals surface area contributed by atoms with E-state index < -0.39 is 0 Å². The SMILES string of the molecule is Nc1ccc(N2CCN(C(=O)/C=C/c3ccco3)CC2)cn1. The van der Waals surface area contributed by atoms with E-state index in [-0.39, 0.29) is 5.91 Å². The van der Waals surface area contributed by atoms with Gasteiger partial charge in [0.25, 0.3) is 0 Å². The molecule has 0 spiro atoms. The van der Waals surface area contributed by atoms with Gasteiger partial charge in [0.05, 0.1) is 18.1 Å². The zero-order chi connectivity index (χ0) is 15.4. The summed E-state index contributed by atoms with van der Waals surface area (Å²) in [5, 5.41) is 0. The van der Waals surface area contributed by atoms with Gasteiger partial charge in [0.15, 0.2) is 0 Å². The van der Waals surface area contributed by atoms with Crippen LogP contribution in [0.1, 0.15) is 5.76 Å². The Morgan fingerprint density at radius 3 is 2.68 bits per heavy atom. The number of nitrogens with two attached hydrogens (primary N) is 1. The Balaban J connectivity index is 1.55. The molecule has 1 fully saturated rings. The number of pyridine rings is 1. The molecule has 2 aromatic heterocycles. The molecule has 0 unspecified atom stereocenters. The second-order valence-corrected chi connectivity index (χ2v) is 5.10. The quantitative estimate of drug-likeness (QED) is 0.871. The molecule has 0 aromatic carbocycles. The lowest BCUT2D eigenvalue weighted by Gasteiger charge is -2.35. The third kappa shape index (κ3) is 3.28. The van der Waals surface area contributed by atoms with Crippen molar-refractivity contribution in [2.75, 3.05) is 36.8 Å². The van der Waals surface area contributed by atoms with Crippen LogP contribution in [0, 0.1) is 0 Å². The minimum Gasteiger partial charge on any atom is -0.465 e. The van der Waals surface area contributed by atoms with Crippen LogP contribution in [0.3, 0.4) is 0 Å². The van der Waals surface area contributed by atoms with Crippen molar-refractivity contribution in [2.24, 2.45) is 0 Å². The van der Waals surface area contributed by atoms with E-state index in [9.17, 15) is 4.79 Å². The highest BCUT2D eigenvalue weighted by molar-refractivity contribution is 5.91. The zero-order valence-electron chi connectivity index (χ0n) is 12.2. The van der Waals surface area contributed by atoms with Gasteiger partial charge in [-0.1, -0.05) is 0 Å². The fourth-order valence-corrected chi connectivity index (χ4v) is 2.41. The Morgan fingerprint density at radius 1 is 1.23 bits per heavy atom. The van der Waals surface area contributed by atoms with Gasteiger partial charge in [0.2, 0.25) is 5.91 Å². The Hall–Kier alpha value is -2.76. The summed E-state index contributed by atoms with van der Waals surface area (Å²) in [6.45, 7) is 2.94. The molecule has 0 bridgehead atoms. The van der Waals surface area contributed by atoms with Crippen molar-refractivity contribution in [1.29, 1.82) is 0 Å². The van der Waals surface area contributed by atoms with Crippen LogP contribution >= 0.6 is 0 Å². The highest BCUT2D eigenvalue weighted by atomic mass is 16.3. The summed E-state index contributed by atoms with van der Waals surface area (Å²) in [4.78, 5) is 20.3. The van der Waals surface area contributed by atoms with Crippen molar-refractivity contribution >= 4 is 23.5 Å². The topological polar surface area (TPSA) is 75.6 Å². The average Bonchev–Trinajstić information content (AvgIpc) is 3.07. The molecule has 6 heteroatoms. The van der Waals surface area contributed by atoms with E-state index in [2.05, 4.69) is 9.88 Å². The number of piperazine rings is 1. The summed E-state index contributed by atoms with van der Waals surface area (Å²) in [5.74, 6) is 1.20. The number of anilines is 2. The van der Waals surface area contributed by atoms with E-state index in [1.54, 1.807) is 36.7 Å². The van der Waals surface area contributed by atoms with Crippen LogP contribution in [-0.4, -0.2) is 42.0 Å². The lowest BCUT2D eigenvalue weighted by Crippen LogP contribution is -2.48. The zero-order valence-corrected chi connectivity index (χ0v) is 12.2. The molecule has 22 heavy (non-hydrogen) atoms. The Morgan fingerprint density at radius 2 is 2.05 bits per heavy atom. The Bertz CT molecular complexity index is 641. The van der Waals surface area contributed by atoms with E-state index in [1.807, 2.05) is 17.0 Å². The van der Waals surface area contributed by atoms with Crippen molar-refractivity contribution in [2.45, 2.75) is 0 Å². The van der Waals surface area contributed by atoms with Crippen LogP contribution in [0.15, 0.2) is 47.2 Å². The summed E-state index contributed by atoms with van der Waals surface area (Å²) in [7, 11) is 0. The molecule has 114 valence electrons. The summed E-state index contributed by atoms with van der Waals surface area (Å²) >= 11 is 0. The van der Waals surface area contributed by atoms with Gasteiger partial charge in [-0.3, -0.25) is 4.79 Å². The van der Waals surface area contributed by atoms with Crippen LogP contribution in [0.4, 0.5) is 11.5 Å². The van der Waals surface area contributed by atoms with E-state index in [4.69, 9.17) is 10.2 Å². The fraction of sp³-hybridized carbons (Fsp3) is 0.250. The number of carbonyl (C=O) groups excluding carboxylic acids is 1. The second kappa shape index (κ2) is 6.34. The summed E-state index contributed by atoms with van der Waals surface area (Å²) < 4.78 is 5.17. The lowest BCUT2D eigenvalue weighted by molar-refractivity contribution is -0.126. The van der Waals surface area contributed by atoms with Crippen LogP contribution in [-0.2, 0) is 4.79 Å². The number of furan rings is 1. The van der Waals surface area contributed by atoms with Crippen molar-refractivity contribution in [3.05, 3.63) is 48.6 Å². The number of aromatic nitrogens is 1. The van der Waals surface area contributed by atoms with E-state index in [0.717, 1.165) is 18.8 Å². The molecular formula is C16H18N4O2. The van der Waals surface area contributed by atoms with Crippen LogP contribution in [0.25, 0.3) is 6.08 Å². The Labute approximate surface area is 128 Å². The number of hydrogen-bond acceptors (Lipinski definition) is 5. The highest BCUT2D eigenvalue weighted by Crippen LogP contribution is 2.16. The number of nitrogens with zero attached hydrogens (tertiary/aromatic N) is 3. The molecule has 3 heterocycles. The first-order chi connectivity index (χ1) is 10.7. The maximum atomic E-state index is 12.1. The molecule has 1 saturated heterocycles. The second-order valence-electron chi connectivity index (χ2n) is 5.10. The first-order valence-corrected chi connectivity index (χ1v) is 7.19. The smallest absolute Gasteiger partial charge is 0.246 e. The number of rotatable bonds is 3. The third-order valence-electron chi connectivity index (χ3n) is 3.66. The van der Waals surface area contributed by atoms with Gasteiger partial charge < -0.3 is 20.0 Å². The van der Waals surface area contributed by atoms with Gasteiger partial charge >= 0.3 is 0 Å². The fourth-order valence-electron chi connectivity index (χ4n) is 2.41. The summed E-state index contributed by atoms with van der Waals surface area (Å²) in [5.41, 5.74) is 6.63. The van der Waals surface area contributed by atoms with E-state index in [1.165, 1.54) is 0 Å². The van der Waals surface area contributed by atoms with Crippen molar-refractivity contribution in [3.63, 3.8) is 0 Å². The van der Waals surface area contributed by atoms with E-state index in [0.29, 0.717) is 24.7 Å². The predicted octanol–water partition coefficient (Wildman–Crippen LogP) is 1.62. The van der Waals surface area contributed by atoms with Crippen LogP contribution in [0.2, 0.25) is 0 Å². The number of amides is 1. The molecule has 2 aromatic rings. The van der Waals surface area contributed by atoms with Gasteiger partial charge in [-0.15, -0.1) is 0 Å². The molecule has 0 radical (unpaired) electrons. The van der Waals surface area contributed by atoms with Crippen molar-refractivity contribution in [3.8, 4) is 0 Å². The van der Waals surface area contributed by atoms with Gasteiger partial charge in [0, 0.05) is 32.3 Å². The Kier molecular flexibility index (Phi) is 4.09. The minimum absolute atomic E-state index is 0.00600. The number of nitrogen functional groups attached to an aromatic ring is 1. The predicted molar refractivity (Wildman–Crippen MR) is 85.2 cm³/mol. The highest BCUT2D eigenvalue weighted by Gasteiger charge is 2.19. The van der Waals surface area contributed by atoms with Gasteiger partial charge in [-0.25, -0.2) is 4.98 Å². The standard InChI is InChI=1S/C16H18N4O2/c17-15-5-3-13(12-18-15)19-7-9-20(10-8-19)16(21)6-4-14-2-1-11-22-14/h1-6,11-12H,7-10H2,(H2,17,18)/b6-4+. The molecule has 2 N–H and O–H groups in total. The van der Waals surface area contributed by atoms with Crippen molar-refractivity contribution in [1.82, 2.24) is 9.88 Å². The lowest BCUT2D eigenvalue weighted by atomic mass is 10.2. The summed E-state index contributed by atoms with van der Waals surface area (Å²) in [6, 6.07) is 7.36. The van der Waals surface area contributed by atoms with Gasteiger partial charge in [-0.2, -0.15) is 0 Å². The number of carbonyl (C=O) groups is 1. The molecule has 1 aliphatic heterocycles. The molecule has 0 aliphatic carbocycles. The first kappa shape index (κ1) is 14.2. The maximum absolute atomic E-state index is 12.1. The summed E-state index contributed by atoms with van der Waals surface area (Å²) in [6.07, 6.45) is 6.60. The molecule has 0 atom stereocenters. The number of hydrogen-bond donors (Lipinski definition) is 1. The third-order valence-corrected chi connectivity index (χ3v) is 3.66. The molecule has 6 nitrogen and oxygen atoms in total. The molecule has 0 saturated carbocycles. The molecule has 1 amide bonds. The van der Waals surface area contributed by atoms with Crippen LogP contribution in [0.5, 0.6) is 0 Å². The van der Waals surface area contributed by atoms with Crippen molar-refractivity contribution < 1.29 is 9.21 Å². The largest absolute Gasteiger partial charge is 0.465 e. The monoisotopic (exact) mass is 298 g/mol. The molecular weight excluding hydrogens is 280 g/mol.